The van der Waals surface area contributed by atoms with Crippen LogP contribution >= 0.6 is 11.3 Å². The molecule has 1 unspecified atom stereocenters. The lowest BCUT2D eigenvalue weighted by Gasteiger charge is -2.30. The Kier molecular flexibility index (Phi) is 5.46. The second-order valence-corrected chi connectivity index (χ2v) is 6.32. The summed E-state index contributed by atoms with van der Waals surface area (Å²) in [7, 11) is 3.01. The maximum absolute atomic E-state index is 12.6. The van der Waals surface area contributed by atoms with Gasteiger partial charge in [0.2, 0.25) is 0 Å². The van der Waals surface area contributed by atoms with Crippen molar-refractivity contribution in [1.82, 2.24) is 5.32 Å². The number of ether oxygens (including phenoxy) is 2. The summed E-state index contributed by atoms with van der Waals surface area (Å²) >= 11 is 1.24. The van der Waals surface area contributed by atoms with E-state index in [0.717, 1.165) is 0 Å². The zero-order valence-electron chi connectivity index (χ0n) is 13.7. The summed E-state index contributed by atoms with van der Waals surface area (Å²) in [6.45, 7) is 1.67. The Hall–Kier alpha value is -2.54. The van der Waals surface area contributed by atoms with Crippen molar-refractivity contribution in [3.05, 3.63) is 46.2 Å². The molecule has 2 rings (SSSR count). The van der Waals surface area contributed by atoms with Gasteiger partial charge in [0.15, 0.2) is 0 Å². The topological polar surface area (TPSA) is 84.9 Å². The van der Waals surface area contributed by atoms with Crippen LogP contribution in [0.15, 0.2) is 35.7 Å². The fraction of sp³-hybridized carbons (Fsp3) is 0.294. The van der Waals surface area contributed by atoms with Crippen molar-refractivity contribution in [3.8, 4) is 11.5 Å². The van der Waals surface area contributed by atoms with Crippen LogP contribution in [0.5, 0.6) is 11.5 Å². The van der Waals surface area contributed by atoms with E-state index in [2.05, 4.69) is 5.32 Å². The summed E-state index contributed by atoms with van der Waals surface area (Å²) < 4.78 is 10.3. The molecule has 0 aliphatic heterocycles. The molecule has 1 atom stereocenters. The van der Waals surface area contributed by atoms with Crippen molar-refractivity contribution < 1.29 is 24.2 Å². The molecule has 0 aliphatic carbocycles. The first-order chi connectivity index (χ1) is 11.4. The van der Waals surface area contributed by atoms with Gasteiger partial charge in [-0.2, -0.15) is 0 Å². The van der Waals surface area contributed by atoms with Crippen molar-refractivity contribution in [1.29, 1.82) is 0 Å². The fourth-order valence-corrected chi connectivity index (χ4v) is 3.17. The number of carboxylic acids is 1. The van der Waals surface area contributed by atoms with Gasteiger partial charge in [0.1, 0.15) is 16.4 Å². The highest BCUT2D eigenvalue weighted by Crippen LogP contribution is 2.30. The number of hydrogen-bond donors (Lipinski definition) is 2. The highest BCUT2D eigenvalue weighted by molar-refractivity contribution is 7.12. The second kappa shape index (κ2) is 7.35. The summed E-state index contributed by atoms with van der Waals surface area (Å²) in [5, 5.41) is 13.8. The molecule has 128 valence electrons. The van der Waals surface area contributed by atoms with Gasteiger partial charge in [0.25, 0.3) is 5.91 Å². The molecule has 2 aromatic rings. The van der Waals surface area contributed by atoms with Gasteiger partial charge in [0.05, 0.1) is 26.2 Å². The summed E-state index contributed by atoms with van der Waals surface area (Å²) in [5.74, 6) is -0.347. The first-order valence-electron chi connectivity index (χ1n) is 7.20. The number of benzene rings is 1. The van der Waals surface area contributed by atoms with Gasteiger partial charge in [-0.15, -0.1) is 11.3 Å². The molecule has 0 saturated heterocycles. The molecule has 0 fully saturated rings. The molecule has 0 radical (unpaired) electrons. The molecule has 2 N–H and O–H groups in total. The van der Waals surface area contributed by atoms with Crippen LogP contribution in [0.1, 0.15) is 28.6 Å². The van der Waals surface area contributed by atoms with Crippen LogP contribution in [-0.2, 0) is 10.3 Å². The fourth-order valence-electron chi connectivity index (χ4n) is 2.42. The van der Waals surface area contributed by atoms with Crippen molar-refractivity contribution in [2.45, 2.75) is 18.9 Å². The van der Waals surface area contributed by atoms with Crippen LogP contribution in [0.4, 0.5) is 0 Å². The summed E-state index contributed by atoms with van der Waals surface area (Å²) in [6.07, 6.45) is -0.264. The van der Waals surface area contributed by atoms with Crippen molar-refractivity contribution in [3.63, 3.8) is 0 Å². The van der Waals surface area contributed by atoms with Crippen LogP contribution in [0.25, 0.3) is 0 Å². The summed E-state index contributed by atoms with van der Waals surface area (Å²) in [4.78, 5) is 24.3. The minimum absolute atomic E-state index is 0.264. The van der Waals surface area contributed by atoms with E-state index in [4.69, 9.17) is 9.47 Å². The molecular weight excluding hydrogens is 330 g/mol. The highest BCUT2D eigenvalue weighted by Gasteiger charge is 2.33. The Bertz CT molecular complexity index is 742. The molecule has 0 bridgehead atoms. The predicted octanol–water partition coefficient (Wildman–Crippen LogP) is 2.89. The van der Waals surface area contributed by atoms with E-state index in [-0.39, 0.29) is 12.3 Å². The van der Waals surface area contributed by atoms with E-state index < -0.39 is 11.5 Å². The number of carbonyl (C=O) groups excluding carboxylic acids is 1. The minimum Gasteiger partial charge on any atom is -0.497 e. The molecular formula is C17H19NO5S. The van der Waals surface area contributed by atoms with Gasteiger partial charge in [-0.05, 0) is 36.1 Å². The van der Waals surface area contributed by atoms with Crippen LogP contribution < -0.4 is 14.8 Å². The van der Waals surface area contributed by atoms with Crippen molar-refractivity contribution in [2.75, 3.05) is 14.2 Å². The van der Waals surface area contributed by atoms with Gasteiger partial charge < -0.3 is 19.9 Å². The van der Waals surface area contributed by atoms with Gasteiger partial charge in [-0.25, -0.2) is 0 Å². The lowest BCUT2D eigenvalue weighted by Crippen LogP contribution is -2.45. The highest BCUT2D eigenvalue weighted by atomic mass is 32.1. The zero-order valence-corrected chi connectivity index (χ0v) is 14.5. The standard InChI is InChI=1S/C17H19NO5S/c1-17(10-14(19)20,11-5-4-6-12(9-11)22-2)18-16(21)15-13(23-3)7-8-24-15/h4-9H,10H2,1-3H3,(H,18,21)(H,19,20). The van der Waals surface area contributed by atoms with Gasteiger partial charge in [0, 0.05) is 0 Å². The number of rotatable bonds is 7. The average molecular weight is 349 g/mol. The Morgan fingerprint density at radius 3 is 2.62 bits per heavy atom. The molecule has 1 aromatic carbocycles. The first kappa shape index (κ1) is 17.8. The molecule has 1 aromatic heterocycles. The Morgan fingerprint density at radius 1 is 1.25 bits per heavy atom. The monoisotopic (exact) mass is 349 g/mol. The molecule has 1 amide bonds. The van der Waals surface area contributed by atoms with E-state index in [1.165, 1.54) is 25.6 Å². The van der Waals surface area contributed by atoms with Crippen LogP contribution in [-0.4, -0.2) is 31.2 Å². The number of nitrogens with one attached hydrogen (secondary N) is 1. The molecule has 7 heteroatoms. The average Bonchev–Trinajstić information content (AvgIpc) is 3.03. The maximum Gasteiger partial charge on any atom is 0.306 e. The Balaban J connectivity index is 2.36. The molecule has 0 saturated carbocycles. The van der Waals surface area contributed by atoms with Gasteiger partial charge >= 0.3 is 5.97 Å². The predicted molar refractivity (Wildman–Crippen MR) is 90.9 cm³/mol. The third kappa shape index (κ3) is 3.86. The van der Waals surface area contributed by atoms with Crippen molar-refractivity contribution >= 4 is 23.2 Å². The molecule has 6 nitrogen and oxygen atoms in total. The van der Waals surface area contributed by atoms with E-state index in [1.54, 1.807) is 42.6 Å². The lowest BCUT2D eigenvalue weighted by atomic mass is 9.88. The largest absolute Gasteiger partial charge is 0.497 e. The Morgan fingerprint density at radius 2 is 2.00 bits per heavy atom. The maximum atomic E-state index is 12.6. The number of thiophene rings is 1. The number of hydrogen-bond acceptors (Lipinski definition) is 5. The van der Waals surface area contributed by atoms with Crippen molar-refractivity contribution in [2.24, 2.45) is 0 Å². The number of aliphatic carboxylic acids is 1. The SMILES string of the molecule is COc1cccc(C(C)(CC(=O)O)NC(=O)c2sccc2OC)c1. The summed E-state index contributed by atoms with van der Waals surface area (Å²) in [6, 6.07) is 8.69. The molecule has 1 heterocycles. The van der Waals surface area contributed by atoms with Crippen LogP contribution in [0.3, 0.4) is 0 Å². The number of carboxylic acid groups (broad SMARTS) is 1. The molecule has 0 aliphatic rings. The number of amides is 1. The minimum atomic E-state index is -1.09. The molecule has 24 heavy (non-hydrogen) atoms. The first-order valence-corrected chi connectivity index (χ1v) is 8.08. The van der Waals surface area contributed by atoms with Gasteiger partial charge in [-0.1, -0.05) is 12.1 Å². The zero-order chi connectivity index (χ0) is 17.7. The normalized spacial score (nSPS) is 13.0. The van der Waals surface area contributed by atoms with E-state index >= 15 is 0 Å². The van der Waals surface area contributed by atoms with Gasteiger partial charge in [-0.3, -0.25) is 9.59 Å². The second-order valence-electron chi connectivity index (χ2n) is 5.41. The number of carbonyl (C=O) groups is 2. The summed E-state index contributed by atoms with van der Waals surface area (Å²) in [5.41, 5.74) is -0.444. The van der Waals surface area contributed by atoms with Crippen LogP contribution in [0.2, 0.25) is 0 Å². The Labute approximate surface area is 144 Å². The van der Waals surface area contributed by atoms with E-state index in [9.17, 15) is 14.7 Å². The van der Waals surface area contributed by atoms with E-state index in [1.807, 2.05) is 0 Å². The third-order valence-electron chi connectivity index (χ3n) is 3.66. The van der Waals surface area contributed by atoms with Crippen LogP contribution in [0, 0.1) is 0 Å². The third-order valence-corrected chi connectivity index (χ3v) is 4.55. The number of methoxy groups -OCH3 is 2. The quantitative estimate of drug-likeness (QED) is 0.803. The molecule has 0 spiro atoms. The van der Waals surface area contributed by atoms with E-state index in [0.29, 0.717) is 21.9 Å². The smallest absolute Gasteiger partial charge is 0.306 e. The lowest BCUT2D eigenvalue weighted by molar-refractivity contribution is -0.138.